The lowest BCUT2D eigenvalue weighted by Gasteiger charge is -2.29. The Kier molecular flexibility index (Phi) is 6.27. The lowest BCUT2D eigenvalue weighted by Crippen LogP contribution is -2.54. The van der Waals surface area contributed by atoms with Crippen molar-refractivity contribution >= 4 is 46.9 Å². The van der Waals surface area contributed by atoms with Crippen LogP contribution in [0.2, 0.25) is 0 Å². The number of nitrogens with one attached hydrogen (secondary N) is 1. The number of amides is 2. The maximum atomic E-state index is 13.1. The molecule has 1 heterocycles. The molecule has 7 nitrogen and oxygen atoms in total. The number of carboxylic acid groups (broad SMARTS) is 1. The highest BCUT2D eigenvalue weighted by atomic mass is 32.1. The first-order valence-electron chi connectivity index (χ1n) is 9.32. The molecule has 2 aromatic rings. The van der Waals surface area contributed by atoms with Gasteiger partial charge in [0.05, 0.1) is 17.4 Å². The number of ether oxygens (including phenoxy) is 1. The summed E-state index contributed by atoms with van der Waals surface area (Å²) < 4.78 is 5.89. The Morgan fingerprint density at radius 3 is 2.67 bits per heavy atom. The topological polar surface area (TPSA) is 95.9 Å². The van der Waals surface area contributed by atoms with Gasteiger partial charge in [-0.1, -0.05) is 31.2 Å². The standard InChI is InChI=1S/C22H20N2O5S/c1-3-13(2)29-18-10-5-4-7-14(18)12-17-19(25)23-22(30)24(20(17)26)16-9-6-8-15(11-16)21(27)28/h4-13H,3H2,1-2H3,(H,27,28)(H,23,25,30). The number of aromatic carboxylic acids is 1. The first-order valence-corrected chi connectivity index (χ1v) is 9.73. The van der Waals surface area contributed by atoms with Gasteiger partial charge in [0.25, 0.3) is 11.8 Å². The zero-order valence-electron chi connectivity index (χ0n) is 16.4. The number of carbonyl (C=O) groups is 3. The normalized spacial score (nSPS) is 16.4. The molecule has 2 amide bonds. The molecule has 30 heavy (non-hydrogen) atoms. The van der Waals surface area contributed by atoms with Crippen LogP contribution in [0.25, 0.3) is 6.08 Å². The Bertz CT molecular complexity index is 1060. The second kappa shape index (κ2) is 8.87. The molecule has 154 valence electrons. The van der Waals surface area contributed by atoms with E-state index in [1.54, 1.807) is 30.3 Å². The lowest BCUT2D eigenvalue weighted by atomic mass is 10.1. The smallest absolute Gasteiger partial charge is 0.335 e. The molecule has 0 bridgehead atoms. The van der Waals surface area contributed by atoms with Crippen molar-refractivity contribution in [3.63, 3.8) is 0 Å². The summed E-state index contributed by atoms with van der Waals surface area (Å²) in [6, 6.07) is 12.9. The maximum Gasteiger partial charge on any atom is 0.335 e. The van der Waals surface area contributed by atoms with Gasteiger partial charge in [-0.2, -0.15) is 0 Å². The number of thiocarbonyl (C=S) groups is 1. The van der Waals surface area contributed by atoms with E-state index in [1.165, 1.54) is 24.3 Å². The lowest BCUT2D eigenvalue weighted by molar-refractivity contribution is -0.122. The average Bonchev–Trinajstić information content (AvgIpc) is 2.72. The van der Waals surface area contributed by atoms with E-state index < -0.39 is 17.8 Å². The highest BCUT2D eigenvalue weighted by Crippen LogP contribution is 2.26. The second-order valence-corrected chi connectivity index (χ2v) is 7.07. The van der Waals surface area contributed by atoms with Gasteiger partial charge in [0.2, 0.25) is 0 Å². The molecule has 0 radical (unpaired) electrons. The maximum absolute atomic E-state index is 13.1. The number of hydrogen-bond acceptors (Lipinski definition) is 5. The van der Waals surface area contributed by atoms with Crippen LogP contribution in [-0.4, -0.2) is 34.1 Å². The van der Waals surface area contributed by atoms with Gasteiger partial charge in [-0.25, -0.2) is 4.79 Å². The number of nitrogens with zero attached hydrogens (tertiary/aromatic N) is 1. The van der Waals surface area contributed by atoms with Gasteiger partial charge in [-0.05, 0) is 55.9 Å². The van der Waals surface area contributed by atoms with Gasteiger partial charge >= 0.3 is 5.97 Å². The van der Waals surface area contributed by atoms with Crippen LogP contribution in [0.5, 0.6) is 5.75 Å². The van der Waals surface area contributed by atoms with Crippen LogP contribution in [0, 0.1) is 0 Å². The summed E-state index contributed by atoms with van der Waals surface area (Å²) in [6.07, 6.45) is 2.21. The summed E-state index contributed by atoms with van der Waals surface area (Å²) in [5, 5.41) is 11.6. The number of para-hydroxylation sites is 1. The quantitative estimate of drug-likeness (QED) is 0.419. The first kappa shape index (κ1) is 21.2. The van der Waals surface area contributed by atoms with E-state index in [-0.39, 0.29) is 28.0 Å². The molecular weight excluding hydrogens is 404 g/mol. The number of carboxylic acids is 1. The predicted octanol–water partition coefficient (Wildman–Crippen LogP) is 3.39. The minimum Gasteiger partial charge on any atom is -0.490 e. The zero-order valence-corrected chi connectivity index (χ0v) is 17.2. The molecule has 3 rings (SSSR count). The Hall–Kier alpha value is -3.52. The summed E-state index contributed by atoms with van der Waals surface area (Å²) in [5.74, 6) is -1.87. The van der Waals surface area contributed by atoms with Crippen molar-refractivity contribution in [1.82, 2.24) is 5.32 Å². The number of hydrogen-bond donors (Lipinski definition) is 2. The highest BCUT2D eigenvalue weighted by molar-refractivity contribution is 7.80. The number of anilines is 1. The highest BCUT2D eigenvalue weighted by Gasteiger charge is 2.35. The van der Waals surface area contributed by atoms with E-state index in [2.05, 4.69) is 5.32 Å². The Morgan fingerprint density at radius 1 is 1.23 bits per heavy atom. The molecule has 1 fully saturated rings. The number of benzene rings is 2. The molecule has 1 aliphatic heterocycles. The third-order valence-electron chi connectivity index (χ3n) is 4.57. The summed E-state index contributed by atoms with van der Waals surface area (Å²) in [5.41, 5.74) is 0.686. The molecule has 8 heteroatoms. The molecule has 1 unspecified atom stereocenters. The van der Waals surface area contributed by atoms with E-state index in [4.69, 9.17) is 17.0 Å². The van der Waals surface area contributed by atoms with E-state index in [9.17, 15) is 19.5 Å². The minimum atomic E-state index is -1.14. The molecule has 0 saturated carbocycles. The van der Waals surface area contributed by atoms with Crippen molar-refractivity contribution < 1.29 is 24.2 Å². The van der Waals surface area contributed by atoms with Crippen LogP contribution in [0.15, 0.2) is 54.1 Å². The fourth-order valence-electron chi connectivity index (χ4n) is 2.83. The second-order valence-electron chi connectivity index (χ2n) is 6.69. The number of carbonyl (C=O) groups excluding carboxylic acids is 2. The molecular formula is C22H20N2O5S. The third-order valence-corrected chi connectivity index (χ3v) is 4.86. The molecule has 0 spiro atoms. The monoisotopic (exact) mass is 424 g/mol. The SMILES string of the molecule is CCC(C)Oc1ccccc1C=C1C(=O)NC(=S)N(c2cccc(C(=O)O)c2)C1=O. The van der Waals surface area contributed by atoms with E-state index >= 15 is 0 Å². The largest absolute Gasteiger partial charge is 0.490 e. The van der Waals surface area contributed by atoms with E-state index in [0.717, 1.165) is 11.3 Å². The van der Waals surface area contributed by atoms with Crippen LogP contribution >= 0.6 is 12.2 Å². The van der Waals surface area contributed by atoms with Crippen molar-refractivity contribution in [2.75, 3.05) is 4.90 Å². The molecule has 0 aliphatic carbocycles. The van der Waals surface area contributed by atoms with Crippen LogP contribution in [0.1, 0.15) is 36.2 Å². The summed E-state index contributed by atoms with van der Waals surface area (Å²) >= 11 is 5.16. The summed E-state index contributed by atoms with van der Waals surface area (Å²) in [4.78, 5) is 38.0. The zero-order chi connectivity index (χ0) is 21.8. The van der Waals surface area contributed by atoms with Crippen molar-refractivity contribution in [2.24, 2.45) is 0 Å². The van der Waals surface area contributed by atoms with Crippen molar-refractivity contribution in [3.05, 3.63) is 65.2 Å². The van der Waals surface area contributed by atoms with Gasteiger partial charge in [-0.3, -0.25) is 19.8 Å². The number of rotatable bonds is 6. The van der Waals surface area contributed by atoms with Gasteiger partial charge in [-0.15, -0.1) is 0 Å². The van der Waals surface area contributed by atoms with Gasteiger partial charge in [0.15, 0.2) is 5.11 Å². The molecule has 2 N–H and O–H groups in total. The van der Waals surface area contributed by atoms with E-state index in [1.807, 2.05) is 13.8 Å². The first-order chi connectivity index (χ1) is 14.3. The van der Waals surface area contributed by atoms with Crippen molar-refractivity contribution in [2.45, 2.75) is 26.4 Å². The fourth-order valence-corrected chi connectivity index (χ4v) is 3.11. The van der Waals surface area contributed by atoms with Crippen LogP contribution < -0.4 is 15.0 Å². The van der Waals surface area contributed by atoms with Crippen LogP contribution in [0.3, 0.4) is 0 Å². The Morgan fingerprint density at radius 2 is 1.97 bits per heavy atom. The fraction of sp³-hybridized carbons (Fsp3) is 0.182. The molecule has 0 aromatic heterocycles. The Labute approximate surface area is 179 Å². The molecule has 2 aromatic carbocycles. The van der Waals surface area contributed by atoms with Gasteiger partial charge < -0.3 is 9.84 Å². The third kappa shape index (κ3) is 4.38. The summed E-state index contributed by atoms with van der Waals surface area (Å²) in [7, 11) is 0. The van der Waals surface area contributed by atoms with Crippen molar-refractivity contribution in [1.29, 1.82) is 0 Å². The van der Waals surface area contributed by atoms with E-state index in [0.29, 0.717) is 11.3 Å². The molecule has 1 atom stereocenters. The van der Waals surface area contributed by atoms with Crippen LogP contribution in [-0.2, 0) is 9.59 Å². The van der Waals surface area contributed by atoms with Gasteiger partial charge in [0, 0.05) is 5.56 Å². The Balaban J connectivity index is 2.02. The predicted molar refractivity (Wildman–Crippen MR) is 116 cm³/mol. The molecule has 1 saturated heterocycles. The minimum absolute atomic E-state index is 0.00201. The summed E-state index contributed by atoms with van der Waals surface area (Å²) in [6.45, 7) is 3.92. The molecule has 1 aliphatic rings. The average molecular weight is 424 g/mol. The van der Waals surface area contributed by atoms with Crippen molar-refractivity contribution in [3.8, 4) is 5.75 Å². The van der Waals surface area contributed by atoms with Gasteiger partial charge in [0.1, 0.15) is 11.3 Å². The van der Waals surface area contributed by atoms with Crippen LogP contribution in [0.4, 0.5) is 5.69 Å².